The van der Waals surface area contributed by atoms with Crippen molar-refractivity contribution < 1.29 is 0 Å². The van der Waals surface area contributed by atoms with Crippen molar-refractivity contribution in [2.75, 3.05) is 18.4 Å². The van der Waals surface area contributed by atoms with Crippen LogP contribution < -0.4 is 5.32 Å². The third-order valence-corrected chi connectivity index (χ3v) is 4.67. The minimum absolute atomic E-state index is 0.341. The van der Waals surface area contributed by atoms with Gasteiger partial charge in [-0.3, -0.25) is 4.90 Å². The van der Waals surface area contributed by atoms with Gasteiger partial charge in [0, 0.05) is 25.7 Å². The molecule has 0 saturated heterocycles. The van der Waals surface area contributed by atoms with E-state index in [-0.39, 0.29) is 0 Å². The molecule has 1 aromatic carbocycles. The number of benzene rings is 1. The lowest BCUT2D eigenvalue weighted by Gasteiger charge is -2.38. The van der Waals surface area contributed by atoms with Crippen LogP contribution in [-0.2, 0) is 13.0 Å². The van der Waals surface area contributed by atoms with E-state index in [4.69, 9.17) is 5.26 Å². The largest absolute Gasteiger partial charge is 0.367 e. The van der Waals surface area contributed by atoms with Crippen molar-refractivity contribution in [1.29, 1.82) is 5.26 Å². The lowest BCUT2D eigenvalue weighted by molar-refractivity contribution is 0.147. The average molecular weight is 321 g/mol. The highest BCUT2D eigenvalue weighted by atomic mass is 15.2. The van der Waals surface area contributed by atoms with Crippen LogP contribution in [-0.4, -0.2) is 34.2 Å². The summed E-state index contributed by atoms with van der Waals surface area (Å²) >= 11 is 0. The van der Waals surface area contributed by atoms with E-state index < -0.39 is 0 Å². The lowest BCUT2D eigenvalue weighted by Crippen LogP contribution is -2.46. The molecule has 0 aliphatic carbocycles. The molecule has 1 aliphatic rings. The topological polar surface area (TPSA) is 64.8 Å². The summed E-state index contributed by atoms with van der Waals surface area (Å²) in [4.78, 5) is 2.55. The highest BCUT2D eigenvalue weighted by Crippen LogP contribution is 2.23. The third-order valence-electron chi connectivity index (χ3n) is 4.67. The molecule has 2 aromatic rings. The zero-order valence-corrected chi connectivity index (χ0v) is 14.2. The average Bonchev–Trinajstić information content (AvgIpc) is 2.62. The number of fused-ring (bicyclic) bond motifs is 1. The van der Waals surface area contributed by atoms with Gasteiger partial charge in [0.25, 0.3) is 0 Å². The van der Waals surface area contributed by atoms with Crippen LogP contribution in [0, 0.1) is 17.2 Å². The summed E-state index contributed by atoms with van der Waals surface area (Å²) < 4.78 is 0. The number of nitrogens with zero attached hydrogens (tertiary/aromatic N) is 4. The fraction of sp³-hybridized carbons (Fsp3) is 0.421. The molecule has 1 unspecified atom stereocenters. The molecule has 0 bridgehead atoms. The molecule has 2 heterocycles. The van der Waals surface area contributed by atoms with E-state index in [9.17, 15) is 0 Å². The van der Waals surface area contributed by atoms with Crippen molar-refractivity contribution >= 4 is 5.82 Å². The van der Waals surface area contributed by atoms with Gasteiger partial charge in [0.05, 0.1) is 0 Å². The van der Waals surface area contributed by atoms with E-state index in [0.29, 0.717) is 17.7 Å². The van der Waals surface area contributed by atoms with Gasteiger partial charge >= 0.3 is 0 Å². The zero-order chi connectivity index (χ0) is 16.9. The van der Waals surface area contributed by atoms with Crippen molar-refractivity contribution in [2.45, 2.75) is 32.9 Å². The quantitative estimate of drug-likeness (QED) is 0.917. The van der Waals surface area contributed by atoms with Crippen LogP contribution in [0.4, 0.5) is 5.82 Å². The first-order valence-electron chi connectivity index (χ1n) is 8.46. The van der Waals surface area contributed by atoms with Crippen LogP contribution in [0.25, 0.3) is 0 Å². The molecule has 1 aliphatic heterocycles. The van der Waals surface area contributed by atoms with Crippen LogP contribution in [0.5, 0.6) is 0 Å². The first kappa shape index (κ1) is 16.4. The van der Waals surface area contributed by atoms with Gasteiger partial charge in [-0.2, -0.15) is 5.26 Å². The van der Waals surface area contributed by atoms with Gasteiger partial charge < -0.3 is 5.32 Å². The van der Waals surface area contributed by atoms with Crippen molar-refractivity contribution in [3.63, 3.8) is 0 Å². The van der Waals surface area contributed by atoms with E-state index in [1.807, 2.05) is 12.1 Å². The summed E-state index contributed by atoms with van der Waals surface area (Å²) in [5, 5.41) is 20.1. The normalized spacial score (nSPS) is 15.6. The number of nitriles is 1. The Morgan fingerprint density at radius 3 is 2.62 bits per heavy atom. The van der Waals surface area contributed by atoms with Crippen molar-refractivity contribution in [3.05, 3.63) is 53.2 Å². The first-order chi connectivity index (χ1) is 11.7. The maximum Gasteiger partial charge on any atom is 0.163 e. The van der Waals surface area contributed by atoms with E-state index in [1.165, 1.54) is 11.1 Å². The first-order valence-corrected chi connectivity index (χ1v) is 8.46. The summed E-state index contributed by atoms with van der Waals surface area (Å²) in [6, 6.07) is 14.6. The molecule has 0 amide bonds. The molecule has 1 aromatic heterocycles. The Kier molecular flexibility index (Phi) is 5.07. The molecular weight excluding hydrogens is 298 g/mol. The summed E-state index contributed by atoms with van der Waals surface area (Å²) in [5.41, 5.74) is 3.25. The maximum atomic E-state index is 8.79. The standard InChI is InChI=1S/C19H23N5/c1-14(2)18(12-21-19-8-7-17(11-20)22-23-19)24-10-9-15-5-3-4-6-16(15)13-24/h3-8,14,18H,9-10,12-13H2,1-2H3,(H,21,23). The number of nitrogens with one attached hydrogen (secondary N) is 1. The summed E-state index contributed by atoms with van der Waals surface area (Å²) in [6.07, 6.45) is 1.11. The zero-order valence-electron chi connectivity index (χ0n) is 14.2. The smallest absolute Gasteiger partial charge is 0.163 e. The second-order valence-electron chi connectivity index (χ2n) is 6.60. The number of anilines is 1. The molecule has 24 heavy (non-hydrogen) atoms. The van der Waals surface area contributed by atoms with Gasteiger partial charge in [0.15, 0.2) is 5.69 Å². The fourth-order valence-electron chi connectivity index (χ4n) is 3.28. The monoisotopic (exact) mass is 321 g/mol. The predicted octanol–water partition coefficient (Wildman–Crippen LogP) is 2.84. The maximum absolute atomic E-state index is 8.79. The van der Waals surface area contributed by atoms with Crippen LogP contribution >= 0.6 is 0 Å². The molecule has 5 nitrogen and oxygen atoms in total. The molecule has 0 fully saturated rings. The van der Waals surface area contributed by atoms with Crippen molar-refractivity contribution in [1.82, 2.24) is 15.1 Å². The lowest BCUT2D eigenvalue weighted by atomic mass is 9.95. The molecule has 1 atom stereocenters. The number of rotatable bonds is 5. The molecule has 124 valence electrons. The molecule has 0 radical (unpaired) electrons. The highest BCUT2D eigenvalue weighted by Gasteiger charge is 2.25. The second-order valence-corrected chi connectivity index (χ2v) is 6.60. The Hall–Kier alpha value is -2.45. The Morgan fingerprint density at radius 1 is 1.17 bits per heavy atom. The van der Waals surface area contributed by atoms with Gasteiger partial charge in [-0.25, -0.2) is 0 Å². The van der Waals surface area contributed by atoms with E-state index >= 15 is 0 Å². The summed E-state index contributed by atoms with van der Waals surface area (Å²) in [5.74, 6) is 1.26. The Labute approximate surface area is 143 Å². The summed E-state index contributed by atoms with van der Waals surface area (Å²) in [6.45, 7) is 7.43. The van der Waals surface area contributed by atoms with Crippen molar-refractivity contribution in [3.8, 4) is 6.07 Å². The molecular formula is C19H23N5. The van der Waals surface area contributed by atoms with Gasteiger partial charge in [-0.05, 0) is 35.6 Å². The SMILES string of the molecule is CC(C)C(CNc1ccc(C#N)nn1)N1CCc2ccccc2C1. The highest BCUT2D eigenvalue weighted by molar-refractivity contribution is 5.35. The number of hydrogen-bond donors (Lipinski definition) is 1. The second kappa shape index (κ2) is 7.41. The van der Waals surface area contributed by atoms with Crippen molar-refractivity contribution in [2.24, 2.45) is 5.92 Å². The Balaban J connectivity index is 1.66. The van der Waals surface area contributed by atoms with E-state index in [2.05, 4.69) is 58.5 Å². The molecule has 0 spiro atoms. The van der Waals surface area contributed by atoms with Crippen LogP contribution in [0.15, 0.2) is 36.4 Å². The predicted molar refractivity (Wildman–Crippen MR) is 94.4 cm³/mol. The Morgan fingerprint density at radius 2 is 1.96 bits per heavy atom. The van der Waals surface area contributed by atoms with E-state index in [0.717, 1.165) is 31.9 Å². The van der Waals surface area contributed by atoms with Crippen LogP contribution in [0.1, 0.15) is 30.7 Å². The van der Waals surface area contributed by atoms with Gasteiger partial charge in [-0.1, -0.05) is 38.1 Å². The van der Waals surface area contributed by atoms with Gasteiger partial charge in [-0.15, -0.1) is 10.2 Å². The minimum atomic E-state index is 0.341. The number of hydrogen-bond acceptors (Lipinski definition) is 5. The molecule has 1 N–H and O–H groups in total. The fourth-order valence-corrected chi connectivity index (χ4v) is 3.28. The summed E-state index contributed by atoms with van der Waals surface area (Å²) in [7, 11) is 0. The third kappa shape index (κ3) is 3.72. The van der Waals surface area contributed by atoms with E-state index in [1.54, 1.807) is 6.07 Å². The van der Waals surface area contributed by atoms with Crippen LogP contribution in [0.3, 0.4) is 0 Å². The van der Waals surface area contributed by atoms with Gasteiger partial charge in [0.2, 0.25) is 0 Å². The molecule has 0 saturated carbocycles. The molecule has 3 rings (SSSR count). The number of aromatic nitrogens is 2. The van der Waals surface area contributed by atoms with Crippen LogP contribution in [0.2, 0.25) is 0 Å². The van der Waals surface area contributed by atoms with Gasteiger partial charge in [0.1, 0.15) is 11.9 Å². The Bertz CT molecular complexity index is 717. The minimum Gasteiger partial charge on any atom is -0.367 e. The molecule has 5 heteroatoms.